The van der Waals surface area contributed by atoms with E-state index in [0.717, 1.165) is 0 Å². The summed E-state index contributed by atoms with van der Waals surface area (Å²) < 4.78 is 0. The van der Waals surface area contributed by atoms with E-state index in [1.165, 1.54) is 0 Å². The molecule has 0 aromatic heterocycles. The second-order valence-electron chi connectivity index (χ2n) is 3.93. The van der Waals surface area contributed by atoms with Crippen LogP contribution in [-0.4, -0.2) is 23.7 Å². The van der Waals surface area contributed by atoms with Gasteiger partial charge in [-0.3, -0.25) is 4.79 Å². The lowest BCUT2D eigenvalue weighted by molar-refractivity contribution is -0.148. The van der Waals surface area contributed by atoms with Crippen molar-refractivity contribution >= 4 is 5.97 Å². The molecule has 0 radical (unpaired) electrons. The highest BCUT2D eigenvalue weighted by atomic mass is 16.4. The molecular formula is C8H17NO2. The number of likely N-dealkylation sites (N-methyl/N-ethyl adjacent to an activating group) is 1. The van der Waals surface area contributed by atoms with Crippen molar-refractivity contribution in [2.75, 3.05) is 7.05 Å². The van der Waals surface area contributed by atoms with E-state index in [0.29, 0.717) is 0 Å². The molecule has 0 heterocycles. The molecule has 0 saturated carbocycles. The summed E-state index contributed by atoms with van der Waals surface area (Å²) in [5.41, 5.74) is -1.14. The van der Waals surface area contributed by atoms with Gasteiger partial charge in [0.15, 0.2) is 0 Å². The Morgan fingerprint density at radius 3 is 1.64 bits per heavy atom. The van der Waals surface area contributed by atoms with E-state index >= 15 is 0 Å². The second kappa shape index (κ2) is 2.81. The van der Waals surface area contributed by atoms with Crippen molar-refractivity contribution in [3.63, 3.8) is 0 Å². The average Bonchev–Trinajstić information content (AvgIpc) is 1.83. The van der Waals surface area contributed by atoms with Crippen LogP contribution in [0.2, 0.25) is 0 Å². The number of carbonyl (C=O) groups is 1. The molecule has 0 saturated heterocycles. The van der Waals surface area contributed by atoms with Gasteiger partial charge in [-0.05, 0) is 19.4 Å². The summed E-state index contributed by atoms with van der Waals surface area (Å²) in [6, 6.07) is 0. The monoisotopic (exact) mass is 159 g/mol. The largest absolute Gasteiger partial charge is 0.480 e. The standard InChI is InChI=1S/C8H17NO2/c1-7(2,3)8(4,9-5)6(10)11/h9H,1-5H3,(H,10,11). The quantitative estimate of drug-likeness (QED) is 0.634. The lowest BCUT2D eigenvalue weighted by Gasteiger charge is -2.37. The van der Waals surface area contributed by atoms with Crippen molar-refractivity contribution in [3.8, 4) is 0 Å². The molecule has 0 amide bonds. The molecule has 0 fully saturated rings. The topological polar surface area (TPSA) is 49.3 Å². The lowest BCUT2D eigenvalue weighted by atomic mass is 9.75. The molecule has 0 aromatic rings. The van der Waals surface area contributed by atoms with Gasteiger partial charge in [-0.15, -0.1) is 0 Å². The van der Waals surface area contributed by atoms with Gasteiger partial charge in [-0.1, -0.05) is 20.8 Å². The van der Waals surface area contributed by atoms with E-state index < -0.39 is 11.5 Å². The number of carboxylic acids is 1. The average molecular weight is 159 g/mol. The third kappa shape index (κ3) is 1.71. The molecule has 0 aliphatic carbocycles. The van der Waals surface area contributed by atoms with Gasteiger partial charge in [0.2, 0.25) is 0 Å². The molecule has 0 rings (SSSR count). The lowest BCUT2D eigenvalue weighted by Crippen LogP contribution is -2.56. The Balaban J connectivity index is 4.75. The highest BCUT2D eigenvalue weighted by molar-refractivity contribution is 5.79. The van der Waals surface area contributed by atoms with Crippen LogP contribution in [0.3, 0.4) is 0 Å². The normalized spacial score (nSPS) is 17.5. The fourth-order valence-corrected chi connectivity index (χ4v) is 0.803. The Bertz CT molecular complexity index is 160. The SMILES string of the molecule is CNC(C)(C(=O)O)C(C)(C)C. The molecule has 1 atom stereocenters. The maximum Gasteiger partial charge on any atom is 0.324 e. The summed E-state index contributed by atoms with van der Waals surface area (Å²) in [6.45, 7) is 7.39. The molecule has 0 aliphatic rings. The number of rotatable bonds is 2. The van der Waals surface area contributed by atoms with Gasteiger partial charge in [0.05, 0.1) is 0 Å². The van der Waals surface area contributed by atoms with Crippen LogP contribution in [0.4, 0.5) is 0 Å². The summed E-state index contributed by atoms with van der Waals surface area (Å²) in [5, 5.41) is 11.7. The Kier molecular flexibility index (Phi) is 2.67. The van der Waals surface area contributed by atoms with Crippen LogP contribution >= 0.6 is 0 Å². The number of nitrogens with one attached hydrogen (secondary N) is 1. The second-order valence-corrected chi connectivity index (χ2v) is 3.93. The zero-order valence-corrected chi connectivity index (χ0v) is 7.86. The molecule has 66 valence electrons. The molecule has 1 unspecified atom stereocenters. The van der Waals surface area contributed by atoms with E-state index in [-0.39, 0.29) is 5.41 Å². The van der Waals surface area contributed by atoms with Gasteiger partial charge in [-0.25, -0.2) is 0 Å². The van der Waals surface area contributed by atoms with E-state index in [2.05, 4.69) is 5.32 Å². The smallest absolute Gasteiger partial charge is 0.324 e. The first-order valence-corrected chi connectivity index (χ1v) is 3.68. The fraction of sp³-hybridized carbons (Fsp3) is 0.875. The van der Waals surface area contributed by atoms with E-state index in [1.807, 2.05) is 20.8 Å². The van der Waals surface area contributed by atoms with Gasteiger partial charge in [0.25, 0.3) is 0 Å². The Labute approximate surface area is 67.8 Å². The van der Waals surface area contributed by atoms with E-state index in [9.17, 15) is 4.79 Å². The van der Waals surface area contributed by atoms with Crippen LogP contribution in [0.15, 0.2) is 0 Å². The van der Waals surface area contributed by atoms with Crippen LogP contribution in [0.5, 0.6) is 0 Å². The molecule has 2 N–H and O–H groups in total. The summed E-state index contributed by atoms with van der Waals surface area (Å²) in [6.07, 6.45) is 0. The third-order valence-corrected chi connectivity index (χ3v) is 2.43. The van der Waals surface area contributed by atoms with Gasteiger partial charge < -0.3 is 10.4 Å². The van der Waals surface area contributed by atoms with Crippen molar-refractivity contribution in [1.29, 1.82) is 0 Å². The van der Waals surface area contributed by atoms with Crippen molar-refractivity contribution in [3.05, 3.63) is 0 Å². The van der Waals surface area contributed by atoms with Crippen LogP contribution in [0.1, 0.15) is 27.7 Å². The van der Waals surface area contributed by atoms with Gasteiger partial charge in [0, 0.05) is 0 Å². The minimum Gasteiger partial charge on any atom is -0.480 e. The van der Waals surface area contributed by atoms with E-state index in [1.54, 1.807) is 14.0 Å². The third-order valence-electron chi connectivity index (χ3n) is 2.43. The molecule has 3 heteroatoms. The van der Waals surface area contributed by atoms with Gasteiger partial charge in [0.1, 0.15) is 5.54 Å². The molecule has 0 aliphatic heterocycles. The van der Waals surface area contributed by atoms with Crippen molar-refractivity contribution in [2.24, 2.45) is 5.41 Å². The minimum absolute atomic E-state index is 0.284. The molecule has 0 bridgehead atoms. The highest BCUT2D eigenvalue weighted by Crippen LogP contribution is 2.29. The maximum atomic E-state index is 10.8. The molecule has 11 heavy (non-hydrogen) atoms. The first-order chi connectivity index (χ1) is 4.75. The van der Waals surface area contributed by atoms with Gasteiger partial charge in [-0.2, -0.15) is 0 Å². The molecule has 0 spiro atoms. The summed E-state index contributed by atoms with van der Waals surface area (Å²) >= 11 is 0. The van der Waals surface area contributed by atoms with Crippen LogP contribution in [-0.2, 0) is 4.79 Å². The fourth-order valence-electron chi connectivity index (χ4n) is 0.803. The summed E-state index contributed by atoms with van der Waals surface area (Å²) in [7, 11) is 1.67. The first kappa shape index (κ1) is 10.4. The van der Waals surface area contributed by atoms with E-state index in [4.69, 9.17) is 5.11 Å². The molecule has 0 aromatic carbocycles. The Morgan fingerprint density at radius 2 is 1.64 bits per heavy atom. The first-order valence-electron chi connectivity index (χ1n) is 3.68. The van der Waals surface area contributed by atoms with Crippen molar-refractivity contribution < 1.29 is 9.90 Å². The van der Waals surface area contributed by atoms with Crippen molar-refractivity contribution in [2.45, 2.75) is 33.2 Å². The predicted octanol–water partition coefficient (Wildman–Crippen LogP) is 1.10. The Hall–Kier alpha value is -0.570. The number of aliphatic carboxylic acids is 1. The minimum atomic E-state index is -0.854. The zero-order chi connectivity index (χ0) is 9.28. The van der Waals surface area contributed by atoms with Crippen molar-refractivity contribution in [1.82, 2.24) is 5.32 Å². The summed E-state index contributed by atoms with van der Waals surface area (Å²) in [5.74, 6) is -0.813. The maximum absolute atomic E-state index is 10.8. The summed E-state index contributed by atoms with van der Waals surface area (Å²) in [4.78, 5) is 10.8. The number of hydrogen-bond acceptors (Lipinski definition) is 2. The number of hydrogen-bond donors (Lipinski definition) is 2. The Morgan fingerprint density at radius 1 is 1.27 bits per heavy atom. The van der Waals surface area contributed by atoms with Crippen LogP contribution in [0.25, 0.3) is 0 Å². The molecule has 3 nitrogen and oxygen atoms in total. The molecular weight excluding hydrogens is 142 g/mol. The number of carboxylic acid groups (broad SMARTS) is 1. The van der Waals surface area contributed by atoms with Gasteiger partial charge >= 0.3 is 5.97 Å². The van der Waals surface area contributed by atoms with Crippen LogP contribution < -0.4 is 5.32 Å². The predicted molar refractivity (Wildman–Crippen MR) is 44.6 cm³/mol. The zero-order valence-electron chi connectivity index (χ0n) is 7.86. The highest BCUT2D eigenvalue weighted by Gasteiger charge is 2.42. The van der Waals surface area contributed by atoms with Crippen LogP contribution in [0, 0.1) is 5.41 Å².